The van der Waals surface area contributed by atoms with Gasteiger partial charge < -0.3 is 9.13 Å². The Hall–Kier alpha value is -10.3. The summed E-state index contributed by atoms with van der Waals surface area (Å²) >= 11 is 0. The first-order valence-electron chi connectivity index (χ1n) is 27.0. The van der Waals surface area contributed by atoms with Crippen molar-refractivity contribution < 1.29 is 0 Å². The van der Waals surface area contributed by atoms with Crippen LogP contribution < -0.4 is 0 Å². The Balaban J connectivity index is 1.11. The Kier molecular flexibility index (Phi) is 9.98. The van der Waals surface area contributed by atoms with Crippen molar-refractivity contribution in [3.8, 4) is 67.0 Å². The predicted molar refractivity (Wildman–Crippen MR) is 332 cm³/mol. The van der Waals surface area contributed by atoms with E-state index < -0.39 is 0 Å². The molecule has 0 saturated heterocycles. The van der Waals surface area contributed by atoms with E-state index >= 15 is 0 Å². The van der Waals surface area contributed by atoms with Gasteiger partial charge in [-0.2, -0.15) is 0 Å². The van der Waals surface area contributed by atoms with E-state index in [0.29, 0.717) is 0 Å². The lowest BCUT2D eigenvalue weighted by Gasteiger charge is -2.22. The van der Waals surface area contributed by atoms with Gasteiger partial charge in [-0.25, -0.2) is 0 Å². The number of hydrogen-bond acceptors (Lipinski definition) is 0. The fraction of sp³-hybridized carbons (Fsp3) is 0. The summed E-state index contributed by atoms with van der Waals surface area (Å²) in [6.45, 7) is 0. The van der Waals surface area contributed by atoms with Gasteiger partial charge >= 0.3 is 0 Å². The van der Waals surface area contributed by atoms with Crippen molar-refractivity contribution in [2.24, 2.45) is 0 Å². The fourth-order valence-electron chi connectivity index (χ4n) is 13.2. The van der Waals surface area contributed by atoms with Crippen LogP contribution in [0.3, 0.4) is 0 Å². The van der Waals surface area contributed by atoms with Crippen molar-refractivity contribution in [3.63, 3.8) is 0 Å². The van der Waals surface area contributed by atoms with Crippen LogP contribution in [0.25, 0.3) is 154 Å². The summed E-state index contributed by atoms with van der Waals surface area (Å²) in [6.07, 6.45) is 0. The van der Waals surface area contributed by atoms with Gasteiger partial charge in [-0.05, 0) is 136 Å². The second-order valence-corrected chi connectivity index (χ2v) is 20.6. The van der Waals surface area contributed by atoms with Crippen LogP contribution >= 0.6 is 0 Å². The molecule has 2 nitrogen and oxygen atoms in total. The lowest BCUT2D eigenvalue weighted by molar-refractivity contribution is 1.18. The SMILES string of the molecule is c1ccc(-c2cccc3c(-c4c5cccc(-c6cccc7c8ccccc8n(-c8ccccc8)c67)c5cc5c(-c6cccc7c8ccccc8n(-c8ccccc8)c67)cccc45)c4cccc(-c5ccccc5)c4cc23)cc1. The third-order valence-electron chi connectivity index (χ3n) is 16.5. The molecule has 0 N–H and O–H groups in total. The Morgan fingerprint density at radius 2 is 0.462 bits per heavy atom. The number of aromatic nitrogens is 2. The molecule has 2 aromatic heterocycles. The van der Waals surface area contributed by atoms with Gasteiger partial charge in [0, 0.05) is 44.0 Å². The summed E-state index contributed by atoms with van der Waals surface area (Å²) in [5.41, 5.74) is 19.1. The zero-order valence-corrected chi connectivity index (χ0v) is 42.6. The molecule has 16 rings (SSSR count). The molecule has 0 aliphatic rings. The molecule has 0 radical (unpaired) electrons. The Morgan fingerprint density at radius 3 is 0.846 bits per heavy atom. The Morgan fingerprint density at radius 1 is 0.179 bits per heavy atom. The van der Waals surface area contributed by atoms with Crippen molar-refractivity contribution >= 4 is 86.7 Å². The third kappa shape index (κ3) is 6.63. The van der Waals surface area contributed by atoms with Crippen LogP contribution in [0.2, 0.25) is 0 Å². The second kappa shape index (κ2) is 17.7. The molecule has 16 aromatic rings. The Labute approximate surface area is 451 Å². The molecule has 0 spiro atoms. The van der Waals surface area contributed by atoms with Crippen molar-refractivity contribution in [1.82, 2.24) is 9.13 Å². The zero-order chi connectivity index (χ0) is 51.3. The highest BCUT2D eigenvalue weighted by Crippen LogP contribution is 2.51. The number of nitrogens with zero attached hydrogens (tertiary/aromatic N) is 2. The molecule has 14 aromatic carbocycles. The third-order valence-corrected chi connectivity index (χ3v) is 16.5. The molecule has 0 unspecified atom stereocenters. The minimum atomic E-state index is 1.14. The van der Waals surface area contributed by atoms with E-state index in [1.54, 1.807) is 0 Å². The maximum Gasteiger partial charge on any atom is 0.0619 e. The van der Waals surface area contributed by atoms with Crippen LogP contribution in [0.5, 0.6) is 0 Å². The highest BCUT2D eigenvalue weighted by atomic mass is 15.0. The quantitative estimate of drug-likeness (QED) is 0.141. The molecule has 0 fully saturated rings. The fourth-order valence-corrected chi connectivity index (χ4v) is 13.2. The van der Waals surface area contributed by atoms with Gasteiger partial charge in [0.25, 0.3) is 0 Å². The van der Waals surface area contributed by atoms with Crippen molar-refractivity contribution in [2.75, 3.05) is 0 Å². The average Bonchev–Trinajstić information content (AvgIpc) is 4.21. The zero-order valence-electron chi connectivity index (χ0n) is 42.6. The second-order valence-electron chi connectivity index (χ2n) is 20.6. The summed E-state index contributed by atoms with van der Waals surface area (Å²) in [7, 11) is 0. The molecule has 2 heterocycles. The van der Waals surface area contributed by atoms with E-state index in [-0.39, 0.29) is 0 Å². The van der Waals surface area contributed by atoms with Crippen LogP contribution in [-0.2, 0) is 0 Å². The van der Waals surface area contributed by atoms with Gasteiger partial charge in [-0.3, -0.25) is 0 Å². The first kappa shape index (κ1) is 44.1. The first-order chi connectivity index (χ1) is 38.8. The van der Waals surface area contributed by atoms with Crippen LogP contribution in [0.1, 0.15) is 0 Å². The predicted octanol–water partition coefficient (Wildman–Crippen LogP) is 20.8. The summed E-state index contributed by atoms with van der Waals surface area (Å²) < 4.78 is 4.95. The minimum Gasteiger partial charge on any atom is -0.309 e. The highest BCUT2D eigenvalue weighted by molar-refractivity contribution is 6.29. The topological polar surface area (TPSA) is 9.86 Å². The number of fused-ring (bicyclic) bond motifs is 10. The number of rotatable bonds is 7. The van der Waals surface area contributed by atoms with Crippen molar-refractivity contribution in [2.45, 2.75) is 0 Å². The van der Waals surface area contributed by atoms with Crippen LogP contribution in [0.4, 0.5) is 0 Å². The molecule has 0 aliphatic heterocycles. The molecule has 362 valence electrons. The van der Waals surface area contributed by atoms with Gasteiger partial charge in [0.1, 0.15) is 0 Å². The maximum absolute atomic E-state index is 2.53. The summed E-state index contributed by atoms with van der Waals surface area (Å²) in [5, 5.41) is 14.6. The molecule has 0 atom stereocenters. The standard InChI is InChI=1S/C76H48N2/c1-5-23-49(24-6-1)53-33-17-37-59-67(53)47-68-54(50-25-7-2-8-26-50)34-18-38-60(68)73(59)74-61-39-19-35-55(63-41-21-43-65-57-31-13-15-45-71(57)77(75(63)65)51-27-9-3-10-28-51)69(61)48-70-56(36-20-40-62(70)74)64-42-22-44-66-58-32-14-16-46-72(58)78(76(64)66)52-29-11-4-12-30-52/h1-48H. The largest absolute Gasteiger partial charge is 0.309 e. The van der Waals surface area contributed by atoms with Gasteiger partial charge in [0.05, 0.1) is 22.1 Å². The Bertz CT molecular complexity index is 4740. The lowest BCUT2D eigenvalue weighted by Crippen LogP contribution is -1.97. The molecule has 78 heavy (non-hydrogen) atoms. The minimum absolute atomic E-state index is 1.14. The molecule has 0 aliphatic carbocycles. The van der Waals surface area contributed by atoms with Gasteiger partial charge in [-0.15, -0.1) is 0 Å². The smallest absolute Gasteiger partial charge is 0.0619 e. The van der Waals surface area contributed by atoms with Crippen LogP contribution in [0, 0.1) is 0 Å². The van der Waals surface area contributed by atoms with Crippen molar-refractivity contribution in [3.05, 3.63) is 291 Å². The first-order valence-corrected chi connectivity index (χ1v) is 27.0. The normalized spacial score (nSPS) is 11.8. The molecular formula is C76H48N2. The van der Waals surface area contributed by atoms with Gasteiger partial charge in [0.2, 0.25) is 0 Å². The monoisotopic (exact) mass is 988 g/mol. The maximum atomic E-state index is 2.53. The average molecular weight is 989 g/mol. The van der Waals surface area contributed by atoms with E-state index in [1.165, 1.54) is 142 Å². The van der Waals surface area contributed by atoms with E-state index in [9.17, 15) is 0 Å². The molecular weight excluding hydrogens is 941 g/mol. The summed E-state index contributed by atoms with van der Waals surface area (Å²) in [4.78, 5) is 0. The molecule has 0 saturated carbocycles. The van der Waals surface area contributed by atoms with E-state index in [2.05, 4.69) is 300 Å². The molecule has 0 bridgehead atoms. The lowest BCUT2D eigenvalue weighted by atomic mass is 9.81. The molecule has 0 amide bonds. The van der Waals surface area contributed by atoms with E-state index in [4.69, 9.17) is 0 Å². The molecule has 2 heteroatoms. The van der Waals surface area contributed by atoms with Gasteiger partial charge in [-0.1, -0.05) is 243 Å². The number of para-hydroxylation sites is 6. The van der Waals surface area contributed by atoms with Crippen molar-refractivity contribution in [1.29, 1.82) is 0 Å². The van der Waals surface area contributed by atoms with Gasteiger partial charge in [0.15, 0.2) is 0 Å². The van der Waals surface area contributed by atoms with Crippen LogP contribution in [0.15, 0.2) is 291 Å². The number of benzene rings is 14. The summed E-state index contributed by atoms with van der Waals surface area (Å²) in [6, 6.07) is 108. The summed E-state index contributed by atoms with van der Waals surface area (Å²) in [5.74, 6) is 0. The van der Waals surface area contributed by atoms with Crippen LogP contribution in [-0.4, -0.2) is 9.13 Å². The van der Waals surface area contributed by atoms with E-state index in [1.807, 2.05) is 0 Å². The number of hydrogen-bond donors (Lipinski definition) is 0. The highest BCUT2D eigenvalue weighted by Gasteiger charge is 2.25. The van der Waals surface area contributed by atoms with E-state index in [0.717, 1.165) is 11.4 Å².